The fourth-order valence-electron chi connectivity index (χ4n) is 3.20. The number of benzene rings is 2. The highest BCUT2D eigenvalue weighted by Gasteiger charge is 2.21. The van der Waals surface area contributed by atoms with Crippen molar-refractivity contribution in [1.29, 1.82) is 0 Å². The van der Waals surface area contributed by atoms with E-state index in [0.29, 0.717) is 0 Å². The van der Waals surface area contributed by atoms with Gasteiger partial charge in [-0.1, -0.05) is 64.5 Å². The number of rotatable bonds is 5. The van der Waals surface area contributed by atoms with Crippen LogP contribution in [0.1, 0.15) is 11.1 Å². The van der Waals surface area contributed by atoms with Crippen LogP contribution in [-0.2, 0) is 6.54 Å². The van der Waals surface area contributed by atoms with Crippen molar-refractivity contribution in [2.75, 3.05) is 32.7 Å². The predicted molar refractivity (Wildman–Crippen MR) is 99.6 cm³/mol. The molecule has 2 aromatic rings. The highest BCUT2D eigenvalue weighted by Crippen LogP contribution is 2.10. The average Bonchev–Trinajstić information content (AvgIpc) is 2.58. The summed E-state index contributed by atoms with van der Waals surface area (Å²) in [6.07, 6.45) is 4.57. The van der Waals surface area contributed by atoms with E-state index in [9.17, 15) is 0 Å². The van der Waals surface area contributed by atoms with E-state index in [1.165, 1.54) is 41.8 Å². The molecule has 0 aromatic heterocycles. The van der Waals surface area contributed by atoms with Gasteiger partial charge in [0, 0.05) is 10.0 Å². The van der Waals surface area contributed by atoms with Crippen LogP contribution in [0.5, 0.6) is 0 Å². The first-order valence-corrected chi connectivity index (χ1v) is 9.22. The van der Waals surface area contributed by atoms with E-state index in [4.69, 9.17) is 0 Å². The Morgan fingerprint density at radius 2 is 1.61 bits per heavy atom. The molecule has 0 aliphatic carbocycles. The Morgan fingerprint density at radius 1 is 0.870 bits per heavy atom. The van der Waals surface area contributed by atoms with Crippen molar-refractivity contribution in [2.24, 2.45) is 0 Å². The third-order valence-corrected chi connectivity index (χ3v) is 5.02. The van der Waals surface area contributed by atoms with E-state index in [0.717, 1.165) is 13.1 Å². The molecular weight excluding hydrogens is 348 g/mol. The predicted octanol–water partition coefficient (Wildman–Crippen LogP) is 1.45. The normalized spacial score (nSPS) is 21.6. The summed E-state index contributed by atoms with van der Waals surface area (Å²) in [6, 6.07) is 19.3. The van der Waals surface area contributed by atoms with Crippen molar-refractivity contribution in [3.63, 3.8) is 0 Å². The zero-order valence-electron chi connectivity index (χ0n) is 13.5. The molecule has 23 heavy (non-hydrogen) atoms. The number of hydrogen-bond donors (Lipinski definition) is 2. The summed E-state index contributed by atoms with van der Waals surface area (Å²) < 4.78 is 1.18. The molecule has 1 fully saturated rings. The lowest BCUT2D eigenvalue weighted by Gasteiger charge is -2.29. The Balaban J connectivity index is 1.42. The van der Waals surface area contributed by atoms with E-state index in [-0.39, 0.29) is 0 Å². The highest BCUT2D eigenvalue weighted by molar-refractivity contribution is 9.10. The van der Waals surface area contributed by atoms with E-state index in [1.54, 1.807) is 9.80 Å². The minimum atomic E-state index is 1.14. The summed E-state index contributed by atoms with van der Waals surface area (Å²) in [4.78, 5) is 3.41. The van der Waals surface area contributed by atoms with Gasteiger partial charge in [0.05, 0.1) is 6.54 Å². The standard InChI is InChI=1S/C20H23BrN2/c21-20-10-4-8-19(16-20)17-23-14-12-22(13-15-23)11-5-9-18-6-2-1-3-7-18/h1-10,16H,11-15,17H2/p+2/b9-5+. The Morgan fingerprint density at radius 3 is 2.35 bits per heavy atom. The van der Waals surface area contributed by atoms with Crippen LogP contribution >= 0.6 is 15.9 Å². The number of halogens is 1. The van der Waals surface area contributed by atoms with Crippen molar-refractivity contribution in [2.45, 2.75) is 6.54 Å². The van der Waals surface area contributed by atoms with Crippen LogP contribution in [0.3, 0.4) is 0 Å². The maximum absolute atomic E-state index is 3.56. The number of hydrogen-bond acceptors (Lipinski definition) is 0. The Kier molecular flexibility index (Phi) is 6.03. The first kappa shape index (κ1) is 16.4. The fraction of sp³-hybridized carbons (Fsp3) is 0.300. The molecule has 0 unspecified atom stereocenters. The molecule has 3 heteroatoms. The third kappa shape index (κ3) is 5.31. The fourth-order valence-corrected chi connectivity index (χ4v) is 3.65. The molecule has 1 aliphatic rings. The van der Waals surface area contributed by atoms with Crippen LogP contribution in [0.2, 0.25) is 0 Å². The summed E-state index contributed by atoms with van der Waals surface area (Å²) in [5.74, 6) is 0. The summed E-state index contributed by atoms with van der Waals surface area (Å²) in [7, 11) is 0. The van der Waals surface area contributed by atoms with Gasteiger partial charge in [0.15, 0.2) is 0 Å². The highest BCUT2D eigenvalue weighted by atomic mass is 79.9. The van der Waals surface area contributed by atoms with Crippen LogP contribution in [0, 0.1) is 0 Å². The quantitative estimate of drug-likeness (QED) is 0.785. The molecule has 0 saturated carbocycles. The van der Waals surface area contributed by atoms with Crippen molar-refractivity contribution >= 4 is 22.0 Å². The molecule has 120 valence electrons. The van der Waals surface area contributed by atoms with Crippen LogP contribution in [-0.4, -0.2) is 32.7 Å². The molecule has 1 heterocycles. The van der Waals surface area contributed by atoms with Crippen molar-refractivity contribution < 1.29 is 9.80 Å². The summed E-state index contributed by atoms with van der Waals surface area (Å²) in [6.45, 7) is 7.35. The smallest absolute Gasteiger partial charge is 0.127 e. The van der Waals surface area contributed by atoms with Gasteiger partial charge >= 0.3 is 0 Å². The first-order chi connectivity index (χ1) is 11.3. The Bertz CT molecular complexity index is 631. The molecule has 2 nitrogen and oxygen atoms in total. The molecule has 0 bridgehead atoms. The van der Waals surface area contributed by atoms with Crippen LogP contribution in [0.4, 0.5) is 0 Å². The molecule has 0 radical (unpaired) electrons. The molecule has 2 N–H and O–H groups in total. The zero-order valence-corrected chi connectivity index (χ0v) is 15.1. The van der Waals surface area contributed by atoms with Gasteiger partial charge in [-0.3, -0.25) is 0 Å². The van der Waals surface area contributed by atoms with Gasteiger partial charge in [0.1, 0.15) is 32.7 Å². The zero-order chi connectivity index (χ0) is 15.9. The van der Waals surface area contributed by atoms with Crippen molar-refractivity contribution in [3.8, 4) is 0 Å². The van der Waals surface area contributed by atoms with Crippen molar-refractivity contribution in [3.05, 3.63) is 76.3 Å². The topological polar surface area (TPSA) is 8.88 Å². The molecule has 0 spiro atoms. The molecule has 3 rings (SSSR count). The molecular formula is C20H25BrN2+2. The Labute approximate surface area is 147 Å². The van der Waals surface area contributed by atoms with Gasteiger partial charge in [-0.25, -0.2) is 0 Å². The molecule has 2 aromatic carbocycles. The third-order valence-electron chi connectivity index (χ3n) is 4.52. The van der Waals surface area contributed by atoms with Crippen LogP contribution in [0.25, 0.3) is 6.08 Å². The van der Waals surface area contributed by atoms with Gasteiger partial charge < -0.3 is 9.80 Å². The largest absolute Gasteiger partial charge is 0.322 e. The maximum atomic E-state index is 3.56. The number of quaternary nitrogens is 2. The molecule has 0 atom stereocenters. The maximum Gasteiger partial charge on any atom is 0.127 e. The van der Waals surface area contributed by atoms with E-state index < -0.39 is 0 Å². The lowest BCUT2D eigenvalue weighted by molar-refractivity contribution is -1.02. The summed E-state index contributed by atoms with van der Waals surface area (Å²) >= 11 is 3.56. The minimum absolute atomic E-state index is 1.14. The number of nitrogens with one attached hydrogen (secondary N) is 2. The minimum Gasteiger partial charge on any atom is -0.322 e. The monoisotopic (exact) mass is 372 g/mol. The summed E-state index contributed by atoms with van der Waals surface area (Å²) in [5, 5.41) is 0. The van der Waals surface area contributed by atoms with Gasteiger partial charge in [-0.05, 0) is 23.8 Å². The molecule has 1 aliphatic heterocycles. The van der Waals surface area contributed by atoms with E-state index in [1.807, 2.05) is 0 Å². The van der Waals surface area contributed by atoms with Gasteiger partial charge in [0.25, 0.3) is 0 Å². The van der Waals surface area contributed by atoms with Gasteiger partial charge in [-0.2, -0.15) is 0 Å². The van der Waals surface area contributed by atoms with E-state index >= 15 is 0 Å². The lowest BCUT2D eigenvalue weighted by Crippen LogP contribution is -3.27. The van der Waals surface area contributed by atoms with Crippen molar-refractivity contribution in [1.82, 2.24) is 0 Å². The van der Waals surface area contributed by atoms with Crippen LogP contribution < -0.4 is 9.80 Å². The Hall–Kier alpha value is -1.42. The van der Waals surface area contributed by atoms with Gasteiger partial charge in [0.2, 0.25) is 0 Å². The second kappa shape index (κ2) is 8.44. The first-order valence-electron chi connectivity index (χ1n) is 8.43. The van der Waals surface area contributed by atoms with E-state index in [2.05, 4.69) is 82.7 Å². The molecule has 1 saturated heterocycles. The number of piperazine rings is 1. The molecule has 0 amide bonds. The summed E-state index contributed by atoms with van der Waals surface area (Å²) in [5.41, 5.74) is 2.73. The second-order valence-electron chi connectivity index (χ2n) is 6.32. The van der Waals surface area contributed by atoms with Crippen LogP contribution in [0.15, 0.2) is 65.1 Å². The lowest BCUT2D eigenvalue weighted by atomic mass is 10.2. The average molecular weight is 373 g/mol. The SMILES string of the molecule is Brc1cccc(C[NH+]2CC[NH+](C/C=C/c3ccccc3)CC2)c1. The van der Waals surface area contributed by atoms with Gasteiger partial charge in [-0.15, -0.1) is 0 Å². The second-order valence-corrected chi connectivity index (χ2v) is 7.24.